The molecule has 1 unspecified atom stereocenters. The van der Waals surface area contributed by atoms with Crippen LogP contribution in [0.3, 0.4) is 0 Å². The van der Waals surface area contributed by atoms with Crippen molar-refractivity contribution in [3.63, 3.8) is 0 Å². The molecule has 0 aliphatic carbocycles. The quantitative estimate of drug-likeness (QED) is 0.744. The van der Waals surface area contributed by atoms with Gasteiger partial charge in [0.05, 0.1) is 6.42 Å². The second-order valence-electron chi connectivity index (χ2n) is 8.06. The fourth-order valence-electron chi connectivity index (χ4n) is 4.75. The third kappa shape index (κ3) is 4.08. The SMILES string of the molecule is O=C(Cc1ccc(Cl)cc1)N1CCCC2(CCCN2Cc2ccccc2F)C1. The minimum atomic E-state index is -0.143. The van der Waals surface area contributed by atoms with Crippen LogP contribution in [0.4, 0.5) is 4.39 Å². The van der Waals surface area contributed by atoms with Gasteiger partial charge >= 0.3 is 0 Å². The Bertz CT molecular complexity index is 841. The molecule has 28 heavy (non-hydrogen) atoms. The molecule has 1 atom stereocenters. The number of amides is 1. The molecule has 2 fully saturated rings. The first-order valence-electron chi connectivity index (χ1n) is 10.1. The van der Waals surface area contributed by atoms with E-state index in [2.05, 4.69) is 4.90 Å². The van der Waals surface area contributed by atoms with E-state index in [-0.39, 0.29) is 17.3 Å². The summed E-state index contributed by atoms with van der Waals surface area (Å²) in [7, 11) is 0. The fraction of sp³-hybridized carbons (Fsp3) is 0.435. The molecule has 4 rings (SSSR count). The smallest absolute Gasteiger partial charge is 0.227 e. The molecule has 3 nitrogen and oxygen atoms in total. The molecule has 2 aromatic carbocycles. The second kappa shape index (κ2) is 8.22. The topological polar surface area (TPSA) is 23.6 Å². The summed E-state index contributed by atoms with van der Waals surface area (Å²) in [5.41, 5.74) is 1.72. The van der Waals surface area contributed by atoms with Crippen LogP contribution in [0.5, 0.6) is 0 Å². The van der Waals surface area contributed by atoms with E-state index >= 15 is 0 Å². The van der Waals surface area contributed by atoms with Crippen LogP contribution in [0.1, 0.15) is 36.8 Å². The Morgan fingerprint density at radius 1 is 1.04 bits per heavy atom. The van der Waals surface area contributed by atoms with Crippen molar-refractivity contribution >= 4 is 17.5 Å². The molecule has 2 aliphatic heterocycles. The molecule has 2 aromatic rings. The Morgan fingerprint density at radius 3 is 2.50 bits per heavy atom. The van der Waals surface area contributed by atoms with Crippen molar-refractivity contribution in [2.45, 2.75) is 44.2 Å². The monoisotopic (exact) mass is 400 g/mol. The lowest BCUT2D eigenvalue weighted by Crippen LogP contribution is -2.56. The van der Waals surface area contributed by atoms with Gasteiger partial charge in [-0.15, -0.1) is 0 Å². The zero-order chi connectivity index (χ0) is 19.6. The number of hydrogen-bond acceptors (Lipinski definition) is 2. The summed E-state index contributed by atoms with van der Waals surface area (Å²) in [6.07, 6.45) is 4.66. The summed E-state index contributed by atoms with van der Waals surface area (Å²) in [6.45, 7) is 3.13. The van der Waals surface area contributed by atoms with Gasteiger partial charge < -0.3 is 4.90 Å². The van der Waals surface area contributed by atoms with Crippen molar-refractivity contribution in [2.75, 3.05) is 19.6 Å². The molecule has 0 bridgehead atoms. The molecule has 0 aromatic heterocycles. The van der Waals surface area contributed by atoms with Gasteiger partial charge in [0.2, 0.25) is 5.91 Å². The highest BCUT2D eigenvalue weighted by molar-refractivity contribution is 6.30. The van der Waals surface area contributed by atoms with E-state index in [1.165, 1.54) is 6.07 Å². The van der Waals surface area contributed by atoms with Gasteiger partial charge in [0.1, 0.15) is 5.82 Å². The van der Waals surface area contributed by atoms with Crippen molar-refractivity contribution < 1.29 is 9.18 Å². The predicted octanol–water partition coefficient (Wildman–Crippen LogP) is 4.68. The van der Waals surface area contributed by atoms with Gasteiger partial charge in [-0.05, 0) is 56.0 Å². The first-order valence-corrected chi connectivity index (χ1v) is 10.4. The van der Waals surface area contributed by atoms with E-state index in [1.807, 2.05) is 41.3 Å². The molecule has 0 saturated carbocycles. The van der Waals surface area contributed by atoms with Crippen LogP contribution < -0.4 is 0 Å². The van der Waals surface area contributed by atoms with E-state index in [9.17, 15) is 9.18 Å². The molecule has 2 saturated heterocycles. The highest BCUT2D eigenvalue weighted by atomic mass is 35.5. The van der Waals surface area contributed by atoms with Crippen LogP contribution in [-0.2, 0) is 17.8 Å². The number of likely N-dealkylation sites (tertiary alicyclic amines) is 2. The number of hydrogen-bond donors (Lipinski definition) is 0. The predicted molar refractivity (Wildman–Crippen MR) is 110 cm³/mol. The normalized spacial score (nSPS) is 22.7. The van der Waals surface area contributed by atoms with Gasteiger partial charge in [-0.3, -0.25) is 9.69 Å². The molecular weight excluding hydrogens is 375 g/mol. The Morgan fingerprint density at radius 2 is 1.75 bits per heavy atom. The third-order valence-electron chi connectivity index (χ3n) is 6.24. The van der Waals surface area contributed by atoms with E-state index in [1.54, 1.807) is 6.07 Å². The molecule has 2 heterocycles. The minimum absolute atomic E-state index is 0.0177. The molecular formula is C23H26ClFN2O. The molecule has 0 radical (unpaired) electrons. The number of benzene rings is 2. The maximum Gasteiger partial charge on any atom is 0.227 e. The zero-order valence-corrected chi connectivity index (χ0v) is 16.8. The van der Waals surface area contributed by atoms with E-state index in [4.69, 9.17) is 11.6 Å². The van der Waals surface area contributed by atoms with Crippen molar-refractivity contribution in [2.24, 2.45) is 0 Å². The van der Waals surface area contributed by atoms with Crippen molar-refractivity contribution in [3.05, 3.63) is 70.5 Å². The lowest BCUT2D eigenvalue weighted by Gasteiger charge is -2.46. The third-order valence-corrected chi connectivity index (χ3v) is 6.49. The summed E-state index contributed by atoms with van der Waals surface area (Å²) in [6, 6.07) is 14.5. The molecule has 1 spiro atoms. The van der Waals surface area contributed by atoms with Gasteiger partial charge in [0, 0.05) is 35.8 Å². The summed E-state index contributed by atoms with van der Waals surface area (Å²) in [4.78, 5) is 17.3. The van der Waals surface area contributed by atoms with Crippen molar-refractivity contribution in [1.82, 2.24) is 9.80 Å². The van der Waals surface area contributed by atoms with Gasteiger partial charge in [0.25, 0.3) is 0 Å². The zero-order valence-electron chi connectivity index (χ0n) is 16.0. The first kappa shape index (κ1) is 19.4. The first-order chi connectivity index (χ1) is 13.6. The number of carbonyl (C=O) groups is 1. The highest BCUT2D eigenvalue weighted by Gasteiger charge is 2.44. The standard InChI is InChI=1S/C23H26ClFN2O/c24-20-9-7-18(8-10-20)15-22(28)26-13-3-11-23(17-26)12-4-14-27(23)16-19-5-1-2-6-21(19)25/h1-2,5-10H,3-4,11-17H2. The number of rotatable bonds is 4. The van der Waals surface area contributed by atoms with E-state index in [0.29, 0.717) is 18.0 Å². The lowest BCUT2D eigenvalue weighted by atomic mass is 9.86. The molecule has 148 valence electrons. The summed E-state index contributed by atoms with van der Waals surface area (Å²) in [5.74, 6) is 0.0233. The number of piperidine rings is 1. The average molecular weight is 401 g/mol. The van der Waals surface area contributed by atoms with Crippen molar-refractivity contribution in [1.29, 1.82) is 0 Å². The lowest BCUT2D eigenvalue weighted by molar-refractivity contribution is -0.134. The summed E-state index contributed by atoms with van der Waals surface area (Å²) in [5, 5.41) is 0.683. The van der Waals surface area contributed by atoms with Gasteiger partial charge in [-0.2, -0.15) is 0 Å². The van der Waals surface area contributed by atoms with Crippen LogP contribution in [0.2, 0.25) is 5.02 Å². The van der Waals surface area contributed by atoms with Crippen LogP contribution in [0.25, 0.3) is 0 Å². The molecule has 5 heteroatoms. The maximum absolute atomic E-state index is 14.2. The van der Waals surface area contributed by atoms with Gasteiger partial charge in [-0.25, -0.2) is 4.39 Å². The Labute approximate surface area is 171 Å². The highest BCUT2D eigenvalue weighted by Crippen LogP contribution is 2.38. The largest absolute Gasteiger partial charge is 0.341 e. The number of halogens is 2. The van der Waals surface area contributed by atoms with Gasteiger partial charge in [0.15, 0.2) is 0 Å². The maximum atomic E-state index is 14.2. The Kier molecular flexibility index (Phi) is 5.70. The van der Waals surface area contributed by atoms with Crippen LogP contribution in [0.15, 0.2) is 48.5 Å². The summed E-state index contributed by atoms with van der Waals surface area (Å²) < 4.78 is 14.2. The Hall–Kier alpha value is -1.91. The molecule has 0 N–H and O–H groups in total. The Balaban J connectivity index is 1.46. The minimum Gasteiger partial charge on any atom is -0.341 e. The average Bonchev–Trinajstić information content (AvgIpc) is 3.06. The van der Waals surface area contributed by atoms with E-state index < -0.39 is 0 Å². The van der Waals surface area contributed by atoms with E-state index in [0.717, 1.165) is 56.4 Å². The summed E-state index contributed by atoms with van der Waals surface area (Å²) >= 11 is 5.94. The van der Waals surface area contributed by atoms with Crippen LogP contribution in [0, 0.1) is 5.82 Å². The van der Waals surface area contributed by atoms with Crippen LogP contribution >= 0.6 is 11.6 Å². The van der Waals surface area contributed by atoms with Gasteiger partial charge in [-0.1, -0.05) is 41.9 Å². The number of carbonyl (C=O) groups excluding carboxylic acids is 1. The van der Waals surface area contributed by atoms with Crippen molar-refractivity contribution in [3.8, 4) is 0 Å². The molecule has 1 amide bonds. The number of nitrogens with zero attached hydrogens (tertiary/aromatic N) is 2. The second-order valence-corrected chi connectivity index (χ2v) is 8.50. The molecule has 2 aliphatic rings. The fourth-order valence-corrected chi connectivity index (χ4v) is 4.88. The van der Waals surface area contributed by atoms with Crippen LogP contribution in [-0.4, -0.2) is 40.9 Å².